The molecule has 0 saturated carbocycles. The van der Waals surface area contributed by atoms with Gasteiger partial charge in [-0.25, -0.2) is 0 Å². The number of anilines is 1. The lowest BCUT2D eigenvalue weighted by Crippen LogP contribution is -1.90. The molecule has 2 aromatic heterocycles. The van der Waals surface area contributed by atoms with Crippen LogP contribution in [0.15, 0.2) is 40.2 Å². The fourth-order valence-corrected chi connectivity index (χ4v) is 3.37. The maximum atomic E-state index is 6.20. The highest BCUT2D eigenvalue weighted by Crippen LogP contribution is 2.41. The summed E-state index contributed by atoms with van der Waals surface area (Å²) >= 11 is 7.72. The van der Waals surface area contributed by atoms with Crippen LogP contribution in [0.3, 0.4) is 0 Å². The molecule has 3 rings (SSSR count). The average molecular weight is 319 g/mol. The molecule has 0 bridgehead atoms. The monoisotopic (exact) mass is 318 g/mol. The van der Waals surface area contributed by atoms with Crippen molar-refractivity contribution in [2.24, 2.45) is 0 Å². The zero-order chi connectivity index (χ0) is 15.0. The highest BCUT2D eigenvalue weighted by Gasteiger charge is 2.20. The maximum Gasteiger partial charge on any atom is 0.230 e. The van der Waals surface area contributed by atoms with Crippen molar-refractivity contribution in [3.63, 3.8) is 0 Å². The number of rotatable bonds is 3. The zero-order valence-electron chi connectivity index (χ0n) is 11.8. The van der Waals surface area contributed by atoms with Gasteiger partial charge in [-0.2, -0.15) is 0 Å². The number of nitrogen functional groups attached to an aromatic ring is 1. The number of hydrogen-bond donors (Lipinski definition) is 1. The van der Waals surface area contributed by atoms with Crippen molar-refractivity contribution >= 4 is 28.8 Å². The van der Waals surface area contributed by atoms with Crippen LogP contribution in [0.4, 0.5) is 5.88 Å². The van der Waals surface area contributed by atoms with Crippen LogP contribution in [-0.4, -0.2) is 5.16 Å². The summed E-state index contributed by atoms with van der Waals surface area (Å²) in [4.78, 5) is 0.875. The Morgan fingerprint density at radius 2 is 1.90 bits per heavy atom. The zero-order valence-corrected chi connectivity index (χ0v) is 13.3. The minimum absolute atomic E-state index is 0.312. The molecular weight excluding hydrogens is 304 g/mol. The molecule has 0 spiro atoms. The number of nitrogens with two attached hydrogens (primary N) is 1. The third kappa shape index (κ3) is 2.57. The molecule has 0 atom stereocenters. The Kier molecular flexibility index (Phi) is 3.74. The SMILES string of the molecule is CC(C)c1ccc(-c2c(-c3sccc3Cl)noc2N)cc1. The third-order valence-corrected chi connectivity index (χ3v) is 4.76. The first kappa shape index (κ1) is 14.2. The second-order valence-electron chi connectivity index (χ2n) is 5.14. The Bertz CT molecular complexity index is 759. The maximum absolute atomic E-state index is 6.20. The third-order valence-electron chi connectivity index (χ3n) is 3.42. The molecule has 0 unspecified atom stereocenters. The van der Waals surface area contributed by atoms with Gasteiger partial charge in [0.1, 0.15) is 5.69 Å². The van der Waals surface area contributed by atoms with Crippen LogP contribution in [0, 0.1) is 0 Å². The Morgan fingerprint density at radius 1 is 1.19 bits per heavy atom. The molecule has 0 amide bonds. The second-order valence-corrected chi connectivity index (χ2v) is 6.47. The molecular formula is C16H15ClN2OS. The molecule has 0 aliphatic rings. The van der Waals surface area contributed by atoms with Crippen LogP contribution in [0.25, 0.3) is 21.7 Å². The van der Waals surface area contributed by atoms with E-state index in [1.165, 1.54) is 16.9 Å². The molecule has 2 N–H and O–H groups in total. The summed E-state index contributed by atoms with van der Waals surface area (Å²) in [6.07, 6.45) is 0. The molecule has 0 radical (unpaired) electrons. The van der Waals surface area contributed by atoms with Gasteiger partial charge in [-0.1, -0.05) is 54.9 Å². The summed E-state index contributed by atoms with van der Waals surface area (Å²) in [5, 5.41) is 6.66. The van der Waals surface area contributed by atoms with E-state index in [0.717, 1.165) is 16.0 Å². The summed E-state index contributed by atoms with van der Waals surface area (Å²) in [6, 6.07) is 10.1. The number of benzene rings is 1. The van der Waals surface area contributed by atoms with Gasteiger partial charge in [-0.15, -0.1) is 11.3 Å². The van der Waals surface area contributed by atoms with Gasteiger partial charge in [0, 0.05) is 0 Å². The molecule has 3 nitrogen and oxygen atoms in total. The van der Waals surface area contributed by atoms with Crippen LogP contribution < -0.4 is 5.73 Å². The Hall–Kier alpha value is -1.78. The van der Waals surface area contributed by atoms with E-state index in [1.54, 1.807) is 0 Å². The van der Waals surface area contributed by atoms with Crippen LogP contribution in [-0.2, 0) is 0 Å². The lowest BCUT2D eigenvalue weighted by atomic mass is 9.98. The molecule has 0 saturated heterocycles. The van der Waals surface area contributed by atoms with Gasteiger partial charge in [0.05, 0.1) is 15.5 Å². The van der Waals surface area contributed by atoms with E-state index in [1.807, 2.05) is 23.6 Å². The van der Waals surface area contributed by atoms with Gasteiger partial charge in [0.25, 0.3) is 0 Å². The van der Waals surface area contributed by atoms with Gasteiger partial charge < -0.3 is 10.3 Å². The number of aromatic nitrogens is 1. The molecule has 0 fully saturated rings. The molecule has 108 valence electrons. The van der Waals surface area contributed by atoms with Gasteiger partial charge >= 0.3 is 0 Å². The van der Waals surface area contributed by atoms with Crippen molar-refractivity contribution in [1.29, 1.82) is 0 Å². The van der Waals surface area contributed by atoms with Crippen LogP contribution in [0.5, 0.6) is 0 Å². The second kappa shape index (κ2) is 5.54. The van der Waals surface area contributed by atoms with E-state index in [2.05, 4.69) is 31.1 Å². The van der Waals surface area contributed by atoms with Gasteiger partial charge in [0.15, 0.2) is 0 Å². The van der Waals surface area contributed by atoms with E-state index in [4.69, 9.17) is 21.9 Å². The summed E-state index contributed by atoms with van der Waals surface area (Å²) in [5.41, 5.74) is 9.73. The first-order chi connectivity index (χ1) is 10.1. The lowest BCUT2D eigenvalue weighted by molar-refractivity contribution is 0.439. The molecule has 3 aromatic rings. The van der Waals surface area contributed by atoms with Crippen molar-refractivity contribution in [3.8, 4) is 21.7 Å². The smallest absolute Gasteiger partial charge is 0.230 e. The van der Waals surface area contributed by atoms with Gasteiger partial charge in [-0.05, 0) is 28.5 Å². The van der Waals surface area contributed by atoms with E-state index >= 15 is 0 Å². The number of halogens is 1. The van der Waals surface area contributed by atoms with Crippen molar-refractivity contribution in [1.82, 2.24) is 5.16 Å². The predicted molar refractivity (Wildman–Crippen MR) is 88.8 cm³/mol. The summed E-state index contributed by atoms with van der Waals surface area (Å²) in [6.45, 7) is 4.33. The van der Waals surface area contributed by atoms with Gasteiger partial charge in [0.2, 0.25) is 5.88 Å². The van der Waals surface area contributed by atoms with Crippen LogP contribution in [0.1, 0.15) is 25.3 Å². The summed E-state index contributed by atoms with van der Waals surface area (Å²) < 4.78 is 5.18. The largest absolute Gasteiger partial charge is 0.367 e. The average Bonchev–Trinajstić information content (AvgIpc) is 3.04. The fourth-order valence-electron chi connectivity index (χ4n) is 2.23. The molecule has 5 heteroatoms. The summed E-state index contributed by atoms with van der Waals surface area (Å²) in [5.74, 6) is 0.803. The quantitative estimate of drug-likeness (QED) is 0.700. The fraction of sp³-hybridized carbons (Fsp3) is 0.188. The van der Waals surface area contributed by atoms with Crippen molar-refractivity contribution < 1.29 is 4.52 Å². The number of thiophene rings is 1. The van der Waals surface area contributed by atoms with E-state index in [0.29, 0.717) is 22.5 Å². The van der Waals surface area contributed by atoms with Gasteiger partial charge in [-0.3, -0.25) is 0 Å². The highest BCUT2D eigenvalue weighted by molar-refractivity contribution is 7.14. The van der Waals surface area contributed by atoms with Crippen LogP contribution >= 0.6 is 22.9 Å². The topological polar surface area (TPSA) is 52.0 Å². The van der Waals surface area contributed by atoms with Crippen molar-refractivity contribution in [2.45, 2.75) is 19.8 Å². The standard InChI is InChI=1S/C16H15ClN2OS/c1-9(2)10-3-5-11(6-4-10)13-14(19-20-16(13)18)15-12(17)7-8-21-15/h3-9H,18H2,1-2H3. The highest BCUT2D eigenvalue weighted by atomic mass is 35.5. The predicted octanol–water partition coefficient (Wildman–Crippen LogP) is 5.43. The number of hydrogen-bond acceptors (Lipinski definition) is 4. The van der Waals surface area contributed by atoms with E-state index in [-0.39, 0.29) is 0 Å². The molecule has 0 aliphatic heterocycles. The van der Waals surface area contributed by atoms with E-state index < -0.39 is 0 Å². The first-order valence-corrected chi connectivity index (χ1v) is 7.92. The normalized spacial score (nSPS) is 11.2. The Morgan fingerprint density at radius 3 is 2.48 bits per heavy atom. The Balaban J connectivity index is 2.10. The van der Waals surface area contributed by atoms with Crippen LogP contribution in [0.2, 0.25) is 5.02 Å². The minimum Gasteiger partial charge on any atom is -0.367 e. The minimum atomic E-state index is 0.312. The molecule has 2 heterocycles. The van der Waals surface area contributed by atoms with Crippen molar-refractivity contribution in [3.05, 3.63) is 46.3 Å². The Labute approximate surface area is 132 Å². The lowest BCUT2D eigenvalue weighted by Gasteiger charge is -2.07. The molecule has 21 heavy (non-hydrogen) atoms. The first-order valence-electron chi connectivity index (χ1n) is 6.66. The van der Waals surface area contributed by atoms with E-state index in [9.17, 15) is 0 Å². The number of nitrogens with zero attached hydrogens (tertiary/aromatic N) is 1. The molecule has 1 aromatic carbocycles. The molecule has 0 aliphatic carbocycles. The van der Waals surface area contributed by atoms with Crippen molar-refractivity contribution in [2.75, 3.05) is 5.73 Å². The summed E-state index contributed by atoms with van der Waals surface area (Å²) in [7, 11) is 0.